The molecule has 2 rings (SSSR count). The molecule has 19 heavy (non-hydrogen) atoms. The largest absolute Gasteiger partial charge is 0.357 e. The molecule has 2 heterocycles. The van der Waals surface area contributed by atoms with Crippen molar-refractivity contribution >= 4 is 11.8 Å². The smallest absolute Gasteiger partial charge is 0.224 e. The predicted molar refractivity (Wildman–Crippen MR) is 71.4 cm³/mol. The van der Waals surface area contributed by atoms with E-state index in [2.05, 4.69) is 0 Å². The van der Waals surface area contributed by atoms with Crippen LogP contribution in [0, 0.1) is 0 Å². The highest BCUT2D eigenvalue weighted by molar-refractivity contribution is 5.78. The van der Waals surface area contributed by atoms with Crippen molar-refractivity contribution in [1.82, 2.24) is 9.80 Å². The fraction of sp³-hybridized carbons (Fsp3) is 0.857. The van der Waals surface area contributed by atoms with Crippen LogP contribution in [0.25, 0.3) is 0 Å². The molecule has 0 N–H and O–H groups in total. The quantitative estimate of drug-likeness (QED) is 0.757. The average Bonchev–Trinajstić information content (AvgIpc) is 2.67. The van der Waals surface area contributed by atoms with E-state index < -0.39 is 0 Å². The van der Waals surface area contributed by atoms with Crippen molar-refractivity contribution in [3.8, 4) is 0 Å². The van der Waals surface area contributed by atoms with Gasteiger partial charge in [-0.05, 0) is 26.2 Å². The topological polar surface area (TPSA) is 49.9 Å². The SMILES string of the molecule is CC(OCCN1CCCC1=O)N1CCCCCC1=O. The summed E-state index contributed by atoms with van der Waals surface area (Å²) in [5.41, 5.74) is 0. The second-order valence-electron chi connectivity index (χ2n) is 5.35. The molecule has 2 fully saturated rings. The standard InChI is InChI=1S/C14H24N2O3/c1-12(16-9-4-2-3-6-14(16)18)19-11-10-15-8-5-7-13(15)17/h12H,2-11H2,1H3. The Morgan fingerprint density at radius 1 is 1.05 bits per heavy atom. The van der Waals surface area contributed by atoms with Gasteiger partial charge in [0.25, 0.3) is 0 Å². The molecule has 0 spiro atoms. The van der Waals surface area contributed by atoms with Crippen molar-refractivity contribution in [2.75, 3.05) is 26.2 Å². The number of rotatable bonds is 5. The summed E-state index contributed by atoms with van der Waals surface area (Å²) in [4.78, 5) is 27.0. The molecule has 0 aromatic carbocycles. The number of hydrogen-bond donors (Lipinski definition) is 0. The highest BCUT2D eigenvalue weighted by Crippen LogP contribution is 2.15. The number of hydrogen-bond acceptors (Lipinski definition) is 3. The van der Waals surface area contributed by atoms with Gasteiger partial charge in [-0.3, -0.25) is 9.59 Å². The van der Waals surface area contributed by atoms with Crippen molar-refractivity contribution in [1.29, 1.82) is 0 Å². The third kappa shape index (κ3) is 3.93. The third-order valence-electron chi connectivity index (χ3n) is 3.94. The van der Waals surface area contributed by atoms with E-state index in [1.54, 1.807) is 0 Å². The number of amides is 2. The Bertz CT molecular complexity index is 333. The van der Waals surface area contributed by atoms with Gasteiger partial charge in [-0.2, -0.15) is 0 Å². The predicted octanol–water partition coefficient (Wildman–Crippen LogP) is 1.37. The van der Waals surface area contributed by atoms with Crippen LogP contribution in [0.2, 0.25) is 0 Å². The van der Waals surface area contributed by atoms with Gasteiger partial charge < -0.3 is 14.5 Å². The van der Waals surface area contributed by atoms with Crippen molar-refractivity contribution in [3.05, 3.63) is 0 Å². The summed E-state index contributed by atoms with van der Waals surface area (Å²) in [7, 11) is 0. The van der Waals surface area contributed by atoms with Gasteiger partial charge in [0.1, 0.15) is 6.23 Å². The molecule has 2 aliphatic rings. The van der Waals surface area contributed by atoms with E-state index in [9.17, 15) is 9.59 Å². The lowest BCUT2D eigenvalue weighted by Gasteiger charge is -2.28. The van der Waals surface area contributed by atoms with Gasteiger partial charge in [0.05, 0.1) is 6.61 Å². The van der Waals surface area contributed by atoms with Crippen LogP contribution in [0.5, 0.6) is 0 Å². The van der Waals surface area contributed by atoms with Gasteiger partial charge >= 0.3 is 0 Å². The summed E-state index contributed by atoms with van der Waals surface area (Å²) >= 11 is 0. The zero-order valence-corrected chi connectivity index (χ0v) is 11.8. The van der Waals surface area contributed by atoms with Crippen LogP contribution in [0.1, 0.15) is 45.4 Å². The van der Waals surface area contributed by atoms with Gasteiger partial charge in [0, 0.05) is 32.5 Å². The maximum absolute atomic E-state index is 11.9. The molecule has 0 aliphatic carbocycles. The van der Waals surface area contributed by atoms with Gasteiger partial charge in [0.15, 0.2) is 0 Å². The number of carbonyl (C=O) groups is 2. The fourth-order valence-electron chi connectivity index (χ4n) is 2.75. The number of carbonyl (C=O) groups excluding carboxylic acids is 2. The minimum absolute atomic E-state index is 0.177. The van der Waals surface area contributed by atoms with E-state index in [-0.39, 0.29) is 18.0 Å². The van der Waals surface area contributed by atoms with Crippen LogP contribution in [0.3, 0.4) is 0 Å². The summed E-state index contributed by atoms with van der Waals surface area (Å²) in [5, 5.41) is 0. The van der Waals surface area contributed by atoms with Crippen molar-refractivity contribution < 1.29 is 14.3 Å². The maximum Gasteiger partial charge on any atom is 0.224 e. The second kappa shape index (κ2) is 6.89. The zero-order chi connectivity index (χ0) is 13.7. The molecule has 0 aromatic heterocycles. The van der Waals surface area contributed by atoms with E-state index >= 15 is 0 Å². The highest BCUT2D eigenvalue weighted by Gasteiger charge is 2.23. The molecule has 2 aliphatic heterocycles. The van der Waals surface area contributed by atoms with Crippen LogP contribution >= 0.6 is 0 Å². The average molecular weight is 268 g/mol. The van der Waals surface area contributed by atoms with E-state index in [0.717, 1.165) is 38.8 Å². The molecule has 108 valence electrons. The number of nitrogens with zero attached hydrogens (tertiary/aromatic N) is 2. The Morgan fingerprint density at radius 3 is 2.58 bits per heavy atom. The molecule has 2 saturated heterocycles. The molecule has 0 aromatic rings. The second-order valence-corrected chi connectivity index (χ2v) is 5.35. The lowest BCUT2D eigenvalue weighted by molar-refractivity contribution is -0.145. The molecule has 5 heteroatoms. The lowest BCUT2D eigenvalue weighted by atomic mass is 10.2. The van der Waals surface area contributed by atoms with Crippen molar-refractivity contribution in [2.24, 2.45) is 0 Å². The van der Waals surface area contributed by atoms with Crippen molar-refractivity contribution in [3.63, 3.8) is 0 Å². The normalized spacial score (nSPS) is 22.8. The molecule has 1 unspecified atom stereocenters. The lowest BCUT2D eigenvalue weighted by Crippen LogP contribution is -2.41. The highest BCUT2D eigenvalue weighted by atomic mass is 16.5. The molecule has 0 bridgehead atoms. The summed E-state index contributed by atoms with van der Waals surface area (Å²) in [6.45, 7) is 4.72. The molecule has 0 saturated carbocycles. The van der Waals surface area contributed by atoms with Gasteiger partial charge in [-0.1, -0.05) is 6.42 Å². The molecule has 1 atom stereocenters. The van der Waals surface area contributed by atoms with Crippen LogP contribution in [0.15, 0.2) is 0 Å². The van der Waals surface area contributed by atoms with Crippen LogP contribution in [-0.2, 0) is 14.3 Å². The number of likely N-dealkylation sites (tertiary alicyclic amines) is 2. The Balaban J connectivity index is 1.72. The molecule has 2 amide bonds. The Morgan fingerprint density at radius 2 is 1.84 bits per heavy atom. The summed E-state index contributed by atoms with van der Waals surface area (Å²) in [5.74, 6) is 0.421. The van der Waals surface area contributed by atoms with E-state index in [4.69, 9.17) is 4.74 Å². The van der Waals surface area contributed by atoms with E-state index in [1.807, 2.05) is 16.7 Å². The summed E-state index contributed by atoms with van der Waals surface area (Å²) in [6, 6.07) is 0. The van der Waals surface area contributed by atoms with Crippen molar-refractivity contribution in [2.45, 2.75) is 51.7 Å². The molecular weight excluding hydrogens is 244 g/mol. The minimum Gasteiger partial charge on any atom is -0.357 e. The summed E-state index contributed by atoms with van der Waals surface area (Å²) in [6.07, 6.45) is 5.26. The molecular formula is C14H24N2O3. The Kier molecular flexibility index (Phi) is 5.19. The van der Waals surface area contributed by atoms with Gasteiger partial charge in [0.2, 0.25) is 11.8 Å². The molecule has 5 nitrogen and oxygen atoms in total. The van der Waals surface area contributed by atoms with Gasteiger partial charge in [-0.25, -0.2) is 0 Å². The van der Waals surface area contributed by atoms with Gasteiger partial charge in [-0.15, -0.1) is 0 Å². The van der Waals surface area contributed by atoms with Crippen LogP contribution in [-0.4, -0.2) is 54.1 Å². The first-order valence-electron chi connectivity index (χ1n) is 7.37. The Labute approximate surface area is 114 Å². The maximum atomic E-state index is 11.9. The van der Waals surface area contributed by atoms with E-state index in [0.29, 0.717) is 26.0 Å². The van der Waals surface area contributed by atoms with Crippen LogP contribution in [0.4, 0.5) is 0 Å². The van der Waals surface area contributed by atoms with E-state index in [1.165, 1.54) is 0 Å². The third-order valence-corrected chi connectivity index (χ3v) is 3.94. The number of ether oxygens (including phenoxy) is 1. The summed E-state index contributed by atoms with van der Waals surface area (Å²) < 4.78 is 5.73. The molecule has 0 radical (unpaired) electrons. The Hall–Kier alpha value is -1.10. The monoisotopic (exact) mass is 268 g/mol. The first-order chi connectivity index (χ1) is 9.18. The first kappa shape index (κ1) is 14.3. The zero-order valence-electron chi connectivity index (χ0n) is 11.8. The first-order valence-corrected chi connectivity index (χ1v) is 7.37. The van der Waals surface area contributed by atoms with Crippen LogP contribution < -0.4 is 0 Å². The minimum atomic E-state index is -0.177. The fourth-order valence-corrected chi connectivity index (χ4v) is 2.75.